The van der Waals surface area contributed by atoms with Crippen LogP contribution in [0.4, 0.5) is 11.6 Å². The van der Waals surface area contributed by atoms with Crippen LogP contribution in [0.5, 0.6) is 0 Å². The molecule has 2 aromatic heterocycles. The van der Waals surface area contributed by atoms with E-state index in [2.05, 4.69) is 30.6 Å². The van der Waals surface area contributed by atoms with E-state index in [0.717, 1.165) is 5.69 Å². The summed E-state index contributed by atoms with van der Waals surface area (Å²) in [5, 5.41) is 5.71. The molecule has 0 aliphatic carbocycles. The van der Waals surface area contributed by atoms with Gasteiger partial charge in [-0.3, -0.25) is 14.6 Å². The van der Waals surface area contributed by atoms with Crippen molar-refractivity contribution < 1.29 is 4.79 Å². The molecule has 0 aliphatic heterocycles. The monoisotopic (exact) mass is 325 g/mol. The molecule has 5 N–H and O–H groups in total. The van der Waals surface area contributed by atoms with Gasteiger partial charge < -0.3 is 16.4 Å². The Morgan fingerprint density at radius 1 is 1.25 bits per heavy atom. The van der Waals surface area contributed by atoms with Crippen molar-refractivity contribution in [3.05, 3.63) is 52.1 Å². The molecule has 0 atom stereocenters. The summed E-state index contributed by atoms with van der Waals surface area (Å²) in [6.45, 7) is 0.367. The molecule has 2 heterocycles. The van der Waals surface area contributed by atoms with Crippen LogP contribution in [0.1, 0.15) is 16.1 Å². The van der Waals surface area contributed by atoms with E-state index in [-0.39, 0.29) is 23.0 Å². The first-order chi connectivity index (χ1) is 11.6. The molecule has 3 aromatic rings. The molecular formula is C15H15N7O2. The van der Waals surface area contributed by atoms with Crippen LogP contribution >= 0.6 is 0 Å². The van der Waals surface area contributed by atoms with Gasteiger partial charge in [0.15, 0.2) is 11.2 Å². The molecule has 0 fully saturated rings. The summed E-state index contributed by atoms with van der Waals surface area (Å²) >= 11 is 0. The molecule has 0 unspecified atom stereocenters. The molecule has 0 spiro atoms. The third-order valence-corrected chi connectivity index (χ3v) is 3.33. The number of carbonyl (C=O) groups excluding carboxylic acids is 1. The van der Waals surface area contributed by atoms with E-state index < -0.39 is 5.56 Å². The zero-order valence-corrected chi connectivity index (χ0v) is 12.8. The fourth-order valence-corrected chi connectivity index (χ4v) is 2.13. The largest absolute Gasteiger partial charge is 0.379 e. The molecule has 0 aliphatic rings. The highest BCUT2D eigenvalue weighted by molar-refractivity contribution is 5.94. The average molecular weight is 325 g/mol. The number of rotatable bonds is 4. The van der Waals surface area contributed by atoms with Gasteiger partial charge in [0.2, 0.25) is 5.95 Å². The molecule has 9 nitrogen and oxygen atoms in total. The minimum Gasteiger partial charge on any atom is -0.379 e. The lowest BCUT2D eigenvalue weighted by molar-refractivity contribution is 0.0963. The molecule has 0 saturated heterocycles. The summed E-state index contributed by atoms with van der Waals surface area (Å²) in [6.07, 6.45) is 1.53. The summed E-state index contributed by atoms with van der Waals surface area (Å²) in [6, 6.07) is 7.00. The van der Waals surface area contributed by atoms with Crippen molar-refractivity contribution in [2.45, 2.75) is 6.54 Å². The van der Waals surface area contributed by atoms with Crippen LogP contribution in [-0.4, -0.2) is 32.9 Å². The topological polar surface area (TPSA) is 139 Å². The molecule has 1 aromatic carbocycles. The minimum atomic E-state index is -0.429. The van der Waals surface area contributed by atoms with Crippen molar-refractivity contribution in [2.75, 3.05) is 18.1 Å². The van der Waals surface area contributed by atoms with Crippen molar-refractivity contribution in [3.8, 4) is 0 Å². The van der Waals surface area contributed by atoms with Crippen LogP contribution in [0.25, 0.3) is 11.2 Å². The highest BCUT2D eigenvalue weighted by Crippen LogP contribution is 2.11. The summed E-state index contributed by atoms with van der Waals surface area (Å²) in [5.74, 6) is -0.142. The highest BCUT2D eigenvalue weighted by Gasteiger charge is 2.07. The molecule has 3 rings (SSSR count). The van der Waals surface area contributed by atoms with Gasteiger partial charge in [-0.15, -0.1) is 0 Å². The standard InChI is InChI=1S/C15H15N7O2/c1-17-13(23)8-2-4-9(5-3-8)18-6-10-7-19-12-11(20-10)14(24)22-15(16)21-12/h2-5,7,18H,6H2,1H3,(H,17,23)(H3,16,19,21,22,24). The fraction of sp³-hybridized carbons (Fsp3) is 0.133. The Morgan fingerprint density at radius 3 is 2.71 bits per heavy atom. The second-order valence-electron chi connectivity index (χ2n) is 4.99. The first-order valence-corrected chi connectivity index (χ1v) is 7.14. The Bertz CT molecular complexity index is 950. The summed E-state index contributed by atoms with van der Waals surface area (Å²) in [4.78, 5) is 38.0. The van der Waals surface area contributed by atoms with Gasteiger partial charge in [-0.2, -0.15) is 4.98 Å². The number of nitrogens with one attached hydrogen (secondary N) is 3. The van der Waals surface area contributed by atoms with Crippen LogP contribution in [0.2, 0.25) is 0 Å². The van der Waals surface area contributed by atoms with Gasteiger partial charge in [-0.05, 0) is 24.3 Å². The van der Waals surface area contributed by atoms with Crippen LogP contribution in [0.3, 0.4) is 0 Å². The van der Waals surface area contributed by atoms with Gasteiger partial charge in [-0.1, -0.05) is 0 Å². The Kier molecular flexibility index (Phi) is 4.06. The van der Waals surface area contributed by atoms with E-state index in [1.807, 2.05) is 0 Å². The van der Waals surface area contributed by atoms with E-state index in [9.17, 15) is 9.59 Å². The SMILES string of the molecule is CNC(=O)c1ccc(NCc2cnc3nc(N)[nH]c(=O)c3n2)cc1. The zero-order valence-electron chi connectivity index (χ0n) is 12.8. The number of benzene rings is 1. The minimum absolute atomic E-state index is 0.00359. The predicted molar refractivity (Wildman–Crippen MR) is 89.5 cm³/mol. The zero-order chi connectivity index (χ0) is 17.1. The number of anilines is 2. The molecule has 0 bridgehead atoms. The van der Waals surface area contributed by atoms with Gasteiger partial charge in [0.05, 0.1) is 18.4 Å². The number of aromatic amines is 1. The number of hydrogen-bond donors (Lipinski definition) is 4. The van der Waals surface area contributed by atoms with E-state index in [0.29, 0.717) is 17.8 Å². The number of aromatic nitrogens is 4. The number of H-pyrrole nitrogens is 1. The third-order valence-electron chi connectivity index (χ3n) is 3.33. The van der Waals surface area contributed by atoms with E-state index in [1.165, 1.54) is 6.20 Å². The first-order valence-electron chi connectivity index (χ1n) is 7.14. The highest BCUT2D eigenvalue weighted by atomic mass is 16.1. The lowest BCUT2D eigenvalue weighted by Gasteiger charge is -2.07. The Labute approximate surface area is 136 Å². The third kappa shape index (κ3) is 3.14. The predicted octanol–water partition coefficient (Wildman–Crippen LogP) is 0.267. The molecule has 0 radical (unpaired) electrons. The van der Waals surface area contributed by atoms with Gasteiger partial charge in [0.25, 0.3) is 11.5 Å². The summed E-state index contributed by atoms with van der Waals surface area (Å²) in [5.41, 5.74) is 7.34. The van der Waals surface area contributed by atoms with Crippen LogP contribution in [0.15, 0.2) is 35.3 Å². The van der Waals surface area contributed by atoms with Crippen LogP contribution in [0, 0.1) is 0 Å². The average Bonchev–Trinajstić information content (AvgIpc) is 2.60. The Balaban J connectivity index is 1.76. The molecule has 24 heavy (non-hydrogen) atoms. The first kappa shape index (κ1) is 15.4. The molecule has 1 amide bonds. The van der Waals surface area contributed by atoms with Gasteiger partial charge in [-0.25, -0.2) is 9.97 Å². The second kappa shape index (κ2) is 6.32. The summed E-state index contributed by atoms with van der Waals surface area (Å²) < 4.78 is 0. The van der Waals surface area contributed by atoms with Gasteiger partial charge >= 0.3 is 0 Å². The van der Waals surface area contributed by atoms with Crippen molar-refractivity contribution in [1.29, 1.82) is 0 Å². The molecule has 9 heteroatoms. The number of nitrogen functional groups attached to an aromatic ring is 1. The maximum absolute atomic E-state index is 11.8. The fourth-order valence-electron chi connectivity index (χ4n) is 2.13. The summed E-state index contributed by atoms with van der Waals surface area (Å²) in [7, 11) is 1.58. The van der Waals surface area contributed by atoms with Crippen molar-refractivity contribution in [2.24, 2.45) is 0 Å². The van der Waals surface area contributed by atoms with Crippen LogP contribution in [-0.2, 0) is 6.54 Å². The number of nitrogens with zero attached hydrogens (tertiary/aromatic N) is 3. The number of fused-ring (bicyclic) bond motifs is 1. The Hall–Kier alpha value is -3.49. The van der Waals surface area contributed by atoms with Gasteiger partial charge in [0.1, 0.15) is 0 Å². The maximum atomic E-state index is 11.8. The van der Waals surface area contributed by atoms with E-state index in [1.54, 1.807) is 31.3 Å². The van der Waals surface area contributed by atoms with Crippen LogP contribution < -0.4 is 21.9 Å². The lowest BCUT2D eigenvalue weighted by Crippen LogP contribution is -2.17. The normalized spacial score (nSPS) is 10.5. The lowest BCUT2D eigenvalue weighted by atomic mass is 10.2. The van der Waals surface area contributed by atoms with Crippen molar-refractivity contribution in [3.63, 3.8) is 0 Å². The van der Waals surface area contributed by atoms with Gasteiger partial charge in [0, 0.05) is 18.3 Å². The van der Waals surface area contributed by atoms with E-state index in [4.69, 9.17) is 5.73 Å². The number of amides is 1. The maximum Gasteiger partial charge on any atom is 0.280 e. The smallest absolute Gasteiger partial charge is 0.280 e. The quantitative estimate of drug-likeness (QED) is 0.540. The number of hydrogen-bond acceptors (Lipinski definition) is 7. The number of nitrogens with two attached hydrogens (primary N) is 1. The van der Waals surface area contributed by atoms with E-state index >= 15 is 0 Å². The molecule has 122 valence electrons. The second-order valence-corrected chi connectivity index (χ2v) is 4.99. The molecular weight excluding hydrogens is 310 g/mol. The Morgan fingerprint density at radius 2 is 2.00 bits per heavy atom. The number of carbonyl (C=O) groups is 1. The van der Waals surface area contributed by atoms with Crippen molar-refractivity contribution in [1.82, 2.24) is 25.3 Å². The van der Waals surface area contributed by atoms with Crippen molar-refractivity contribution >= 4 is 28.7 Å². The molecule has 0 saturated carbocycles.